The number of piperazine rings is 1. The topological polar surface area (TPSA) is 82.4 Å². The molecule has 2 fully saturated rings. The molecule has 2 bridgehead atoms. The van der Waals surface area contributed by atoms with Crippen molar-refractivity contribution in [3.63, 3.8) is 0 Å². The minimum absolute atomic E-state index is 0.0448. The Morgan fingerprint density at radius 2 is 2.10 bits per heavy atom. The van der Waals surface area contributed by atoms with E-state index in [2.05, 4.69) is 19.6 Å². The van der Waals surface area contributed by atoms with E-state index in [9.17, 15) is 13.6 Å². The number of hydrogen-bond acceptors (Lipinski definition) is 6. The molecule has 9 heteroatoms. The van der Waals surface area contributed by atoms with Gasteiger partial charge in [-0.1, -0.05) is 0 Å². The highest BCUT2D eigenvalue weighted by atomic mass is 19.3. The molecule has 0 spiro atoms. The zero-order chi connectivity index (χ0) is 24.5. The Balaban J connectivity index is 1.37. The number of aromatic nitrogens is 2. The number of anilines is 1. The van der Waals surface area contributed by atoms with Crippen molar-refractivity contribution in [2.45, 2.75) is 43.7 Å². The summed E-state index contributed by atoms with van der Waals surface area (Å²) >= 11 is 0. The van der Waals surface area contributed by atoms with Gasteiger partial charge in [-0.25, -0.2) is 18.7 Å². The fourth-order valence-electron chi connectivity index (χ4n) is 4.34. The highest BCUT2D eigenvalue weighted by Crippen LogP contribution is 2.36. The second kappa shape index (κ2) is 8.46. The molecule has 2 atom stereocenters. The van der Waals surface area contributed by atoms with Crippen LogP contribution in [-0.4, -0.2) is 53.0 Å². The molecule has 162 valence electrons. The first kappa shape index (κ1) is 17.4. The van der Waals surface area contributed by atoms with Crippen molar-refractivity contribution in [3.05, 3.63) is 47.8 Å². The van der Waals surface area contributed by atoms with Crippen molar-refractivity contribution in [2.24, 2.45) is 0 Å². The molecule has 0 N–H and O–H groups in total. The third-order valence-electron chi connectivity index (χ3n) is 5.89. The van der Waals surface area contributed by atoms with Gasteiger partial charge in [-0.15, -0.1) is 0 Å². The van der Waals surface area contributed by atoms with Gasteiger partial charge in [-0.05, 0) is 31.0 Å². The molecule has 0 saturated carbocycles. The zero-order valence-corrected chi connectivity index (χ0v) is 16.7. The van der Waals surface area contributed by atoms with E-state index in [0.29, 0.717) is 18.7 Å². The van der Waals surface area contributed by atoms with Crippen LogP contribution in [0.15, 0.2) is 36.7 Å². The maximum absolute atomic E-state index is 14.8. The maximum atomic E-state index is 14.8. The number of likely N-dealkylation sites (tertiary alicyclic amines) is 1. The Kier molecular flexibility index (Phi) is 4.75. The summed E-state index contributed by atoms with van der Waals surface area (Å²) in [6, 6.07) is 7.60. The number of hydrogen-bond donors (Lipinski definition) is 0. The van der Waals surface area contributed by atoms with E-state index in [0.717, 1.165) is 37.0 Å². The van der Waals surface area contributed by atoms with Crippen molar-refractivity contribution in [2.75, 3.05) is 25.0 Å². The number of carbonyl (C=O) groups is 1. The number of methoxy groups -OCH3 is 1. The number of ether oxygens (including phenoxy) is 1. The van der Waals surface area contributed by atoms with Crippen LogP contribution in [0.1, 0.15) is 40.9 Å². The number of halogens is 2. The molecule has 2 aromatic heterocycles. The van der Waals surface area contributed by atoms with Crippen LogP contribution in [0.25, 0.3) is 0 Å². The highest BCUT2D eigenvalue weighted by Gasteiger charge is 2.42. The average molecular weight is 430 g/mol. The van der Waals surface area contributed by atoms with Gasteiger partial charge in [0.1, 0.15) is 11.9 Å². The van der Waals surface area contributed by atoms with Gasteiger partial charge in [0.25, 0.3) is 5.92 Å². The highest BCUT2D eigenvalue weighted by molar-refractivity contribution is 5.77. The number of alkyl halides is 2. The average Bonchev–Trinajstić information content (AvgIpc) is 3.05. The normalized spacial score (nSPS) is 22.3. The number of amides is 1. The van der Waals surface area contributed by atoms with Gasteiger partial charge in [0.2, 0.25) is 11.8 Å². The molecule has 4 rings (SSSR count). The molecule has 1 unspecified atom stereocenters. The SMILES string of the molecule is [2H]C([2H])([2H])Oc1cc(C(F)(F)CCC(=O)N2CC3CC[C@@H](C2)N3c2ccc(C#N)cn2)ccn1. The van der Waals surface area contributed by atoms with Gasteiger partial charge in [-0.2, -0.15) is 5.26 Å². The third-order valence-corrected chi connectivity index (χ3v) is 5.89. The van der Waals surface area contributed by atoms with Crippen molar-refractivity contribution >= 4 is 11.7 Å². The molecule has 0 radical (unpaired) electrons. The standard InChI is InChI=1S/C22H23F2N5O2/c1-31-20-10-16(7-9-26-20)22(23,24)8-6-21(30)28-13-17-3-4-18(14-28)29(17)19-5-2-15(11-25)12-27-19/h2,5,7,9-10,12,17-18H,3-4,6,8,13-14H2,1H3/t17-,18?/m0/s1/i1D3. The molecule has 1 amide bonds. The Morgan fingerprint density at radius 1 is 1.32 bits per heavy atom. The van der Waals surface area contributed by atoms with E-state index >= 15 is 0 Å². The molecule has 31 heavy (non-hydrogen) atoms. The van der Waals surface area contributed by atoms with Crippen LogP contribution < -0.4 is 9.64 Å². The van der Waals surface area contributed by atoms with Crippen molar-refractivity contribution in [1.29, 1.82) is 5.26 Å². The Labute approximate surface area is 183 Å². The second-order valence-electron chi connectivity index (χ2n) is 7.80. The smallest absolute Gasteiger partial charge is 0.274 e. The summed E-state index contributed by atoms with van der Waals surface area (Å²) in [6.07, 6.45) is 3.25. The van der Waals surface area contributed by atoms with E-state index < -0.39 is 30.8 Å². The molecule has 7 nitrogen and oxygen atoms in total. The predicted molar refractivity (Wildman–Crippen MR) is 109 cm³/mol. The summed E-state index contributed by atoms with van der Waals surface area (Å²) < 4.78 is 55.4. The van der Waals surface area contributed by atoms with Crippen molar-refractivity contribution in [1.82, 2.24) is 14.9 Å². The molecule has 4 heterocycles. The Hall–Kier alpha value is -3.28. The number of rotatable bonds is 6. The molecular formula is C22H23F2N5O2. The molecule has 0 aliphatic carbocycles. The Morgan fingerprint density at radius 3 is 2.74 bits per heavy atom. The van der Waals surface area contributed by atoms with E-state index in [-0.39, 0.29) is 24.4 Å². The molecule has 2 saturated heterocycles. The van der Waals surface area contributed by atoms with Crippen LogP contribution in [0.2, 0.25) is 0 Å². The van der Waals surface area contributed by atoms with Crippen molar-refractivity contribution in [3.8, 4) is 11.9 Å². The van der Waals surface area contributed by atoms with Gasteiger partial charge < -0.3 is 14.5 Å². The number of carbonyl (C=O) groups excluding carboxylic acids is 1. The molecular weight excluding hydrogens is 404 g/mol. The van der Waals surface area contributed by atoms with Crippen LogP contribution in [-0.2, 0) is 10.7 Å². The van der Waals surface area contributed by atoms with Crippen LogP contribution in [0, 0.1) is 11.3 Å². The summed E-state index contributed by atoms with van der Waals surface area (Å²) in [5.41, 5.74) is 0.0171. The summed E-state index contributed by atoms with van der Waals surface area (Å²) in [4.78, 5) is 24.6. The number of nitriles is 1. The van der Waals surface area contributed by atoms with Gasteiger partial charge in [0.15, 0.2) is 0 Å². The number of nitrogens with zero attached hydrogens (tertiary/aromatic N) is 5. The fraction of sp³-hybridized carbons (Fsp3) is 0.455. The quantitative estimate of drug-likeness (QED) is 0.700. The van der Waals surface area contributed by atoms with Gasteiger partial charge in [0, 0.05) is 62.0 Å². The summed E-state index contributed by atoms with van der Waals surface area (Å²) in [5.74, 6) is -3.37. The van der Waals surface area contributed by atoms with Crippen LogP contribution in [0.5, 0.6) is 5.88 Å². The minimum Gasteiger partial charge on any atom is -0.481 e. The Bertz CT molecular complexity index is 1080. The first-order valence-corrected chi connectivity index (χ1v) is 10.0. The van der Waals surface area contributed by atoms with Gasteiger partial charge in [-0.3, -0.25) is 4.79 Å². The lowest BCUT2D eigenvalue weighted by Crippen LogP contribution is -2.55. The summed E-state index contributed by atoms with van der Waals surface area (Å²) in [7, 11) is -2.80. The van der Waals surface area contributed by atoms with Crippen LogP contribution >= 0.6 is 0 Å². The second-order valence-corrected chi connectivity index (χ2v) is 7.80. The van der Waals surface area contributed by atoms with Crippen LogP contribution in [0.4, 0.5) is 14.6 Å². The summed E-state index contributed by atoms with van der Waals surface area (Å²) in [6.45, 7) is 0.850. The first-order chi connectivity index (χ1) is 16.1. The monoisotopic (exact) mass is 430 g/mol. The predicted octanol–water partition coefficient (Wildman–Crippen LogP) is 3.11. The van der Waals surface area contributed by atoms with Gasteiger partial charge in [0.05, 0.1) is 16.7 Å². The lowest BCUT2D eigenvalue weighted by Gasteiger charge is -2.42. The number of pyridine rings is 2. The first-order valence-electron chi connectivity index (χ1n) is 11.5. The molecule has 2 aliphatic heterocycles. The molecule has 2 aromatic rings. The van der Waals surface area contributed by atoms with Crippen LogP contribution in [0.3, 0.4) is 0 Å². The lowest BCUT2D eigenvalue weighted by atomic mass is 10.0. The third kappa shape index (κ3) is 4.29. The van der Waals surface area contributed by atoms with Crippen molar-refractivity contribution < 1.29 is 22.4 Å². The zero-order valence-electron chi connectivity index (χ0n) is 19.7. The molecule has 0 aromatic carbocycles. The van der Waals surface area contributed by atoms with E-state index in [1.807, 2.05) is 6.07 Å². The van der Waals surface area contributed by atoms with E-state index in [4.69, 9.17) is 9.37 Å². The fourth-order valence-corrected chi connectivity index (χ4v) is 4.34. The molecule has 2 aliphatic rings. The lowest BCUT2D eigenvalue weighted by molar-refractivity contribution is -0.134. The van der Waals surface area contributed by atoms with E-state index in [1.165, 1.54) is 6.20 Å². The maximum Gasteiger partial charge on any atom is 0.274 e. The number of fused-ring (bicyclic) bond motifs is 2. The largest absolute Gasteiger partial charge is 0.481 e. The summed E-state index contributed by atoms with van der Waals surface area (Å²) in [5, 5.41) is 8.96. The van der Waals surface area contributed by atoms with E-state index in [1.54, 1.807) is 17.0 Å². The van der Waals surface area contributed by atoms with Gasteiger partial charge >= 0.3 is 0 Å². The minimum atomic E-state index is -3.35.